The predicted molar refractivity (Wildman–Crippen MR) is 136 cm³/mol. The molecule has 0 atom stereocenters. The molecule has 9 heteroatoms. The second kappa shape index (κ2) is 25.1. The van der Waals surface area contributed by atoms with Gasteiger partial charge in [-0.15, -0.1) is 0 Å². The fraction of sp³-hybridized carbons (Fsp3) is 0.913. The molecule has 0 saturated heterocycles. The minimum atomic E-state index is -0.147. The highest BCUT2D eigenvalue weighted by molar-refractivity contribution is 8.76. The zero-order chi connectivity index (χ0) is 23.7. The van der Waals surface area contributed by atoms with Gasteiger partial charge in [0.2, 0.25) is 0 Å². The molecule has 0 amide bonds. The average Bonchev–Trinajstić information content (AvgIpc) is 2.79. The van der Waals surface area contributed by atoms with Crippen molar-refractivity contribution in [1.29, 1.82) is 0 Å². The van der Waals surface area contributed by atoms with Gasteiger partial charge in [-0.25, -0.2) is 0 Å². The van der Waals surface area contributed by atoms with Crippen LogP contribution in [0.2, 0.25) is 0 Å². The molecule has 0 saturated carbocycles. The summed E-state index contributed by atoms with van der Waals surface area (Å²) in [6.07, 6.45) is 7.39. The van der Waals surface area contributed by atoms with Crippen LogP contribution in [0.5, 0.6) is 0 Å². The normalized spacial score (nSPS) is 11.1. The number of carbonyl (C=O) groups is 2. The first-order valence-electron chi connectivity index (χ1n) is 12.2. The zero-order valence-corrected chi connectivity index (χ0v) is 21.9. The molecule has 0 aliphatic carbocycles. The van der Waals surface area contributed by atoms with Gasteiger partial charge in [-0.3, -0.25) is 9.59 Å². The Labute approximate surface area is 203 Å². The van der Waals surface area contributed by atoms with Gasteiger partial charge in [0.15, 0.2) is 0 Å². The summed E-state index contributed by atoms with van der Waals surface area (Å²) in [6.45, 7) is 9.50. The number of aliphatic hydroxyl groups is 1. The van der Waals surface area contributed by atoms with Crippen LogP contribution in [0, 0.1) is 0 Å². The molecule has 0 rings (SSSR count). The molecule has 2 N–H and O–H groups in total. The number of unbranched alkanes of at least 4 members (excludes halogenated alkanes) is 4. The van der Waals surface area contributed by atoms with Gasteiger partial charge in [0.25, 0.3) is 0 Å². The molecule has 0 spiro atoms. The van der Waals surface area contributed by atoms with Crippen molar-refractivity contribution in [3.05, 3.63) is 0 Å². The van der Waals surface area contributed by atoms with Gasteiger partial charge < -0.3 is 24.8 Å². The van der Waals surface area contributed by atoms with E-state index in [0.717, 1.165) is 63.9 Å². The Balaban J connectivity index is 3.41. The maximum Gasteiger partial charge on any atom is 0.307 e. The monoisotopic (exact) mass is 494 g/mol. The second-order valence-electron chi connectivity index (χ2n) is 7.61. The summed E-state index contributed by atoms with van der Waals surface area (Å²) < 4.78 is 10.6. The Morgan fingerprint density at radius 1 is 0.812 bits per heavy atom. The maximum absolute atomic E-state index is 11.8. The van der Waals surface area contributed by atoms with Crippen LogP contribution in [0.25, 0.3) is 0 Å². The van der Waals surface area contributed by atoms with Gasteiger partial charge in [-0.1, -0.05) is 35.4 Å². The van der Waals surface area contributed by atoms with Crippen LogP contribution in [-0.4, -0.2) is 86.0 Å². The van der Waals surface area contributed by atoms with E-state index in [9.17, 15) is 9.59 Å². The first kappa shape index (κ1) is 31.5. The Morgan fingerprint density at radius 2 is 1.47 bits per heavy atom. The lowest BCUT2D eigenvalue weighted by molar-refractivity contribution is -0.145. The summed E-state index contributed by atoms with van der Waals surface area (Å²) in [6, 6.07) is 0. The topological polar surface area (TPSA) is 88.1 Å². The van der Waals surface area contributed by atoms with Gasteiger partial charge in [-0.2, -0.15) is 0 Å². The van der Waals surface area contributed by atoms with Crippen molar-refractivity contribution in [2.24, 2.45) is 0 Å². The highest BCUT2D eigenvalue weighted by atomic mass is 33.1. The van der Waals surface area contributed by atoms with Crippen molar-refractivity contribution in [2.75, 3.05) is 64.1 Å². The van der Waals surface area contributed by atoms with E-state index >= 15 is 0 Å². The third kappa shape index (κ3) is 22.7. The van der Waals surface area contributed by atoms with Crippen LogP contribution in [0.1, 0.15) is 71.6 Å². The first-order valence-corrected chi connectivity index (χ1v) is 14.7. The number of ether oxygens (including phenoxy) is 2. The molecule has 0 aromatic carbocycles. The number of carbonyl (C=O) groups excluding carboxylic acids is 2. The third-order valence-electron chi connectivity index (χ3n) is 4.77. The summed E-state index contributed by atoms with van der Waals surface area (Å²) in [5.41, 5.74) is 0. The van der Waals surface area contributed by atoms with E-state index in [-0.39, 0.29) is 18.5 Å². The van der Waals surface area contributed by atoms with E-state index in [4.69, 9.17) is 14.6 Å². The fourth-order valence-corrected chi connectivity index (χ4v) is 4.92. The molecule has 0 fully saturated rings. The summed E-state index contributed by atoms with van der Waals surface area (Å²) >= 11 is 0. The number of hydrogen-bond acceptors (Lipinski definition) is 9. The smallest absolute Gasteiger partial charge is 0.307 e. The van der Waals surface area contributed by atoms with E-state index in [1.807, 2.05) is 21.6 Å². The van der Waals surface area contributed by atoms with E-state index < -0.39 is 0 Å². The quantitative estimate of drug-likeness (QED) is 0.118. The highest BCUT2D eigenvalue weighted by Crippen LogP contribution is 2.20. The van der Waals surface area contributed by atoms with E-state index in [1.54, 1.807) is 0 Å². The molecule has 0 radical (unpaired) electrons. The summed E-state index contributed by atoms with van der Waals surface area (Å²) in [7, 11) is 3.77. The fourth-order valence-electron chi connectivity index (χ4n) is 2.83. The molecule has 190 valence electrons. The SMILES string of the molecule is CCCSSCCNCCC(=O)OCCCCCCOC(=O)CCN(CC)CCCCO. The molecule has 0 aromatic rings. The number of nitrogens with one attached hydrogen (secondary N) is 1. The van der Waals surface area contributed by atoms with Crippen LogP contribution >= 0.6 is 21.6 Å². The molecule has 0 heterocycles. The summed E-state index contributed by atoms with van der Waals surface area (Å²) in [5, 5.41) is 12.1. The largest absolute Gasteiger partial charge is 0.466 e. The Bertz CT molecular complexity index is 445. The Hall–Kier alpha value is -0.480. The number of esters is 2. The van der Waals surface area contributed by atoms with Crippen LogP contribution in [0.15, 0.2) is 0 Å². The average molecular weight is 495 g/mol. The van der Waals surface area contributed by atoms with E-state index in [0.29, 0.717) is 39.1 Å². The number of hydrogen-bond donors (Lipinski definition) is 2. The van der Waals surface area contributed by atoms with Crippen LogP contribution in [0.3, 0.4) is 0 Å². The van der Waals surface area contributed by atoms with Crippen molar-refractivity contribution >= 4 is 33.5 Å². The number of aliphatic hydroxyl groups excluding tert-OH is 1. The van der Waals surface area contributed by atoms with Crippen molar-refractivity contribution in [1.82, 2.24) is 10.2 Å². The standard InChI is InChI=1S/C23H46N2O5S2/c1-3-20-31-32-21-14-24-13-11-22(27)29-18-9-5-6-10-19-30-23(28)12-16-25(4-2)15-7-8-17-26/h24,26H,3-21H2,1-2H3. The van der Waals surface area contributed by atoms with Gasteiger partial charge in [-0.05, 0) is 58.0 Å². The molecular weight excluding hydrogens is 448 g/mol. The lowest BCUT2D eigenvalue weighted by Crippen LogP contribution is -2.28. The van der Waals surface area contributed by atoms with Crippen LogP contribution in [0.4, 0.5) is 0 Å². The molecule has 7 nitrogen and oxygen atoms in total. The van der Waals surface area contributed by atoms with Crippen molar-refractivity contribution in [3.8, 4) is 0 Å². The Morgan fingerprint density at radius 3 is 2.09 bits per heavy atom. The maximum atomic E-state index is 11.8. The van der Waals surface area contributed by atoms with E-state index in [2.05, 4.69) is 24.1 Å². The van der Waals surface area contributed by atoms with Crippen LogP contribution in [-0.2, 0) is 19.1 Å². The van der Waals surface area contributed by atoms with Crippen molar-refractivity contribution in [3.63, 3.8) is 0 Å². The van der Waals surface area contributed by atoms with E-state index in [1.165, 1.54) is 12.2 Å². The molecule has 0 bridgehead atoms. The molecule has 32 heavy (non-hydrogen) atoms. The first-order chi connectivity index (χ1) is 15.6. The summed E-state index contributed by atoms with van der Waals surface area (Å²) in [5.74, 6) is 1.95. The lowest BCUT2D eigenvalue weighted by Gasteiger charge is -2.19. The summed E-state index contributed by atoms with van der Waals surface area (Å²) in [4.78, 5) is 25.7. The zero-order valence-electron chi connectivity index (χ0n) is 20.3. The number of rotatable bonds is 24. The molecule has 0 aliphatic heterocycles. The molecule has 0 unspecified atom stereocenters. The van der Waals surface area contributed by atoms with Gasteiger partial charge in [0, 0.05) is 37.7 Å². The van der Waals surface area contributed by atoms with Gasteiger partial charge >= 0.3 is 11.9 Å². The van der Waals surface area contributed by atoms with Crippen molar-refractivity contribution < 1.29 is 24.2 Å². The highest BCUT2D eigenvalue weighted by Gasteiger charge is 2.08. The third-order valence-corrected chi connectivity index (χ3v) is 7.38. The lowest BCUT2D eigenvalue weighted by atomic mass is 10.2. The second-order valence-corrected chi connectivity index (χ2v) is 10.3. The molecular formula is C23H46N2O5S2. The van der Waals surface area contributed by atoms with Crippen LogP contribution < -0.4 is 5.32 Å². The Kier molecular flexibility index (Phi) is 24.8. The number of nitrogens with zero attached hydrogens (tertiary/aromatic N) is 1. The molecule has 0 aromatic heterocycles. The minimum Gasteiger partial charge on any atom is -0.466 e. The van der Waals surface area contributed by atoms with Crippen molar-refractivity contribution in [2.45, 2.75) is 71.6 Å². The predicted octanol–water partition coefficient (Wildman–Crippen LogP) is 3.89. The molecule has 0 aliphatic rings. The van der Waals surface area contributed by atoms with Gasteiger partial charge in [0.05, 0.1) is 26.1 Å². The van der Waals surface area contributed by atoms with Gasteiger partial charge in [0.1, 0.15) is 0 Å². The minimum absolute atomic E-state index is 0.142.